The van der Waals surface area contributed by atoms with Gasteiger partial charge < -0.3 is 29.2 Å². The highest BCUT2D eigenvalue weighted by molar-refractivity contribution is 7.80. The van der Waals surface area contributed by atoms with Crippen molar-refractivity contribution in [1.29, 1.82) is 0 Å². The summed E-state index contributed by atoms with van der Waals surface area (Å²) in [6, 6.07) is 3.80. The number of allylic oxidation sites excluding steroid dienone is 1. The molecule has 1 N–H and O–H groups in total. The molecule has 1 atom stereocenters. The first-order chi connectivity index (χ1) is 13.3. The third kappa shape index (κ3) is 4.87. The maximum atomic E-state index is 12.7. The summed E-state index contributed by atoms with van der Waals surface area (Å²) in [7, 11) is 4.55. The molecule has 0 unspecified atom stereocenters. The Kier molecular flexibility index (Phi) is 7.53. The van der Waals surface area contributed by atoms with Gasteiger partial charge >= 0.3 is 12.6 Å². The minimum Gasteiger partial charge on any atom is -0.493 e. The van der Waals surface area contributed by atoms with Crippen LogP contribution in [0.4, 0.5) is 8.78 Å². The molecule has 1 aromatic carbocycles. The lowest BCUT2D eigenvalue weighted by atomic mass is 9.95. The monoisotopic (exact) mass is 416 g/mol. The van der Waals surface area contributed by atoms with Gasteiger partial charge in [0.2, 0.25) is 0 Å². The van der Waals surface area contributed by atoms with E-state index in [1.54, 1.807) is 24.9 Å². The van der Waals surface area contributed by atoms with Crippen LogP contribution in [0.1, 0.15) is 18.5 Å². The normalized spacial score (nSPS) is 16.9. The van der Waals surface area contributed by atoms with Gasteiger partial charge in [-0.25, -0.2) is 4.79 Å². The molecule has 0 radical (unpaired) electrons. The Morgan fingerprint density at radius 1 is 1.29 bits per heavy atom. The van der Waals surface area contributed by atoms with Gasteiger partial charge in [-0.2, -0.15) is 8.78 Å². The molecular formula is C18H22F2N2O5S. The molecule has 0 fully saturated rings. The van der Waals surface area contributed by atoms with Crippen LogP contribution in [0.5, 0.6) is 11.5 Å². The van der Waals surface area contributed by atoms with Gasteiger partial charge in [0.15, 0.2) is 16.6 Å². The van der Waals surface area contributed by atoms with E-state index in [1.807, 2.05) is 0 Å². The SMILES string of the molecule is COCCOC(=O)C1=C(C)N(C)C(=S)N[C@H]1c1ccc(OC)c(OC(F)F)c1. The standard InChI is InChI=1S/C18H22F2N2O5S/c1-10-14(16(23)26-8-7-24-3)15(21-18(28)22(10)2)11-5-6-12(25-4)13(9-11)27-17(19)20/h5-6,9,15,17H,7-8H2,1-4H3,(H,21,28)/t15-/m0/s1. The Morgan fingerprint density at radius 2 is 2.00 bits per heavy atom. The second kappa shape index (κ2) is 9.65. The van der Waals surface area contributed by atoms with Crippen LogP contribution in [0.25, 0.3) is 0 Å². The largest absolute Gasteiger partial charge is 0.493 e. The number of carbonyl (C=O) groups excluding carboxylic acids is 1. The van der Waals surface area contributed by atoms with E-state index in [0.717, 1.165) is 0 Å². The number of halogens is 2. The van der Waals surface area contributed by atoms with Crippen LogP contribution >= 0.6 is 12.2 Å². The number of hydrogen-bond acceptors (Lipinski definition) is 6. The van der Waals surface area contributed by atoms with Gasteiger partial charge in [0, 0.05) is 19.9 Å². The molecule has 0 saturated carbocycles. The fourth-order valence-corrected chi connectivity index (χ4v) is 2.96. The number of alkyl halides is 2. The number of thiocarbonyl (C=S) groups is 1. The Morgan fingerprint density at radius 3 is 2.61 bits per heavy atom. The molecule has 10 heteroatoms. The Balaban J connectivity index is 2.45. The van der Waals surface area contributed by atoms with E-state index < -0.39 is 18.6 Å². The van der Waals surface area contributed by atoms with E-state index in [-0.39, 0.29) is 24.7 Å². The maximum Gasteiger partial charge on any atom is 0.387 e. The Bertz CT molecular complexity index is 772. The Labute approximate surface area is 167 Å². The molecule has 0 aromatic heterocycles. The fraction of sp³-hybridized carbons (Fsp3) is 0.444. The number of ether oxygens (including phenoxy) is 4. The summed E-state index contributed by atoms with van der Waals surface area (Å²) >= 11 is 5.31. The molecule has 0 saturated heterocycles. The number of esters is 1. The van der Waals surface area contributed by atoms with Crippen molar-refractivity contribution >= 4 is 23.3 Å². The van der Waals surface area contributed by atoms with Gasteiger partial charge in [0.05, 0.1) is 25.3 Å². The van der Waals surface area contributed by atoms with E-state index in [4.69, 9.17) is 26.4 Å². The lowest BCUT2D eigenvalue weighted by molar-refractivity contribution is -0.140. The van der Waals surface area contributed by atoms with E-state index in [1.165, 1.54) is 26.4 Å². The summed E-state index contributed by atoms with van der Waals surface area (Å²) in [5.74, 6) is -0.565. The number of nitrogens with one attached hydrogen (secondary N) is 1. The first kappa shape index (κ1) is 21.8. The van der Waals surface area contributed by atoms with Crippen LogP contribution in [-0.2, 0) is 14.3 Å². The molecule has 1 aliphatic heterocycles. The van der Waals surface area contributed by atoms with Crippen LogP contribution < -0.4 is 14.8 Å². The number of carbonyl (C=O) groups is 1. The third-order valence-electron chi connectivity index (χ3n) is 4.23. The van der Waals surface area contributed by atoms with Gasteiger partial charge in [-0.1, -0.05) is 6.07 Å². The van der Waals surface area contributed by atoms with Gasteiger partial charge in [-0.3, -0.25) is 0 Å². The van der Waals surface area contributed by atoms with Gasteiger partial charge in [-0.05, 0) is 36.8 Å². The zero-order chi connectivity index (χ0) is 20.8. The molecule has 28 heavy (non-hydrogen) atoms. The molecular weight excluding hydrogens is 394 g/mol. The lowest BCUT2D eigenvalue weighted by Gasteiger charge is -2.35. The first-order valence-corrected chi connectivity index (χ1v) is 8.74. The summed E-state index contributed by atoms with van der Waals surface area (Å²) in [4.78, 5) is 14.3. The molecule has 1 aliphatic rings. The van der Waals surface area contributed by atoms with Crippen molar-refractivity contribution in [1.82, 2.24) is 10.2 Å². The molecule has 154 valence electrons. The van der Waals surface area contributed by atoms with E-state index in [0.29, 0.717) is 21.9 Å². The highest BCUT2D eigenvalue weighted by atomic mass is 32.1. The predicted octanol–water partition coefficient (Wildman–Crippen LogP) is 2.62. The van der Waals surface area contributed by atoms with Gasteiger partial charge in [0.1, 0.15) is 6.61 Å². The fourth-order valence-electron chi connectivity index (χ4n) is 2.71. The van der Waals surface area contributed by atoms with Gasteiger partial charge in [-0.15, -0.1) is 0 Å². The van der Waals surface area contributed by atoms with E-state index >= 15 is 0 Å². The van der Waals surface area contributed by atoms with Crippen LogP contribution in [0, 0.1) is 0 Å². The van der Waals surface area contributed by atoms with Crippen molar-refractivity contribution in [2.75, 3.05) is 34.5 Å². The quantitative estimate of drug-likeness (QED) is 0.394. The van der Waals surface area contributed by atoms with E-state index in [2.05, 4.69) is 10.1 Å². The number of nitrogens with zero attached hydrogens (tertiary/aromatic N) is 1. The number of rotatable bonds is 8. The average molecular weight is 416 g/mol. The zero-order valence-corrected chi connectivity index (χ0v) is 16.8. The maximum absolute atomic E-state index is 12.7. The minimum atomic E-state index is -3.02. The van der Waals surface area contributed by atoms with Crippen molar-refractivity contribution in [2.24, 2.45) is 0 Å². The topological polar surface area (TPSA) is 69.3 Å². The van der Waals surface area contributed by atoms with Crippen molar-refractivity contribution in [3.8, 4) is 11.5 Å². The van der Waals surface area contributed by atoms with E-state index in [9.17, 15) is 13.6 Å². The number of hydrogen-bond donors (Lipinski definition) is 1. The summed E-state index contributed by atoms with van der Waals surface area (Å²) in [5.41, 5.74) is 1.38. The van der Waals surface area contributed by atoms with Crippen molar-refractivity contribution in [3.63, 3.8) is 0 Å². The van der Waals surface area contributed by atoms with Crippen LogP contribution in [0.15, 0.2) is 29.5 Å². The second-order valence-electron chi connectivity index (χ2n) is 5.86. The molecule has 2 rings (SSSR count). The molecule has 0 aliphatic carbocycles. The summed E-state index contributed by atoms with van der Waals surface area (Å²) < 4.78 is 45.2. The van der Waals surface area contributed by atoms with Crippen molar-refractivity contribution in [3.05, 3.63) is 35.0 Å². The van der Waals surface area contributed by atoms with Crippen molar-refractivity contribution in [2.45, 2.75) is 19.6 Å². The lowest BCUT2D eigenvalue weighted by Crippen LogP contribution is -2.46. The molecule has 0 bridgehead atoms. The van der Waals surface area contributed by atoms with Crippen molar-refractivity contribution < 1.29 is 32.5 Å². The predicted molar refractivity (Wildman–Crippen MR) is 101 cm³/mol. The molecule has 7 nitrogen and oxygen atoms in total. The van der Waals surface area contributed by atoms with Crippen LogP contribution in [-0.4, -0.2) is 57.1 Å². The molecule has 0 spiro atoms. The average Bonchev–Trinajstić information content (AvgIpc) is 2.65. The molecule has 0 amide bonds. The second-order valence-corrected chi connectivity index (χ2v) is 6.24. The molecule has 1 aromatic rings. The smallest absolute Gasteiger partial charge is 0.387 e. The van der Waals surface area contributed by atoms with Gasteiger partial charge in [0.25, 0.3) is 0 Å². The number of benzene rings is 1. The highest BCUT2D eigenvalue weighted by Crippen LogP contribution is 2.36. The third-order valence-corrected chi connectivity index (χ3v) is 4.62. The van der Waals surface area contributed by atoms with Crippen LogP contribution in [0.2, 0.25) is 0 Å². The number of methoxy groups -OCH3 is 2. The minimum absolute atomic E-state index is 0.0787. The Hall–Kier alpha value is -2.46. The summed E-state index contributed by atoms with van der Waals surface area (Å²) in [5, 5.41) is 3.41. The van der Waals surface area contributed by atoms with Crippen LogP contribution in [0.3, 0.4) is 0 Å². The summed E-state index contributed by atoms with van der Waals surface area (Å²) in [6.07, 6.45) is 0. The molecule has 1 heterocycles. The highest BCUT2D eigenvalue weighted by Gasteiger charge is 2.34. The zero-order valence-electron chi connectivity index (χ0n) is 16.0. The summed E-state index contributed by atoms with van der Waals surface area (Å²) in [6.45, 7) is -0.964. The first-order valence-electron chi connectivity index (χ1n) is 8.34.